The average molecular weight is 235 g/mol. The van der Waals surface area contributed by atoms with Gasteiger partial charge in [0.05, 0.1) is 5.75 Å². The molecule has 1 rings (SSSR count). The van der Waals surface area contributed by atoms with Crippen LogP contribution in [-0.2, 0) is 10.1 Å². The molecule has 0 atom stereocenters. The van der Waals surface area contributed by atoms with Crippen LogP contribution in [0.5, 0.6) is 0 Å². The maximum absolute atomic E-state index is 10.4. The SMILES string of the molecule is NC1=NN(N)NC(CCCS(=O)(=O)O)=C1. The molecule has 0 radical (unpaired) electrons. The summed E-state index contributed by atoms with van der Waals surface area (Å²) in [7, 11) is -3.91. The van der Waals surface area contributed by atoms with Crippen LogP contribution in [0.1, 0.15) is 12.8 Å². The number of hydrazine groups is 2. The number of hydrogen-bond donors (Lipinski definition) is 4. The van der Waals surface area contributed by atoms with E-state index in [1.165, 1.54) is 0 Å². The van der Waals surface area contributed by atoms with Crippen LogP contribution in [0.15, 0.2) is 16.9 Å². The lowest BCUT2D eigenvalue weighted by atomic mass is 10.2. The highest BCUT2D eigenvalue weighted by molar-refractivity contribution is 7.85. The minimum atomic E-state index is -3.91. The Labute approximate surface area is 87.3 Å². The zero-order valence-corrected chi connectivity index (χ0v) is 8.74. The lowest BCUT2D eigenvalue weighted by Crippen LogP contribution is -2.43. The molecule has 0 aromatic rings. The molecule has 0 saturated carbocycles. The van der Waals surface area contributed by atoms with Gasteiger partial charge in [-0.25, -0.2) is 5.84 Å². The molecule has 0 aliphatic carbocycles. The van der Waals surface area contributed by atoms with E-state index >= 15 is 0 Å². The first-order chi connectivity index (χ1) is 6.87. The van der Waals surface area contributed by atoms with E-state index in [0.29, 0.717) is 12.1 Å². The molecular formula is C6H13N5O3S. The summed E-state index contributed by atoms with van der Waals surface area (Å²) in [4.78, 5) is 0. The smallest absolute Gasteiger partial charge is 0.264 e. The van der Waals surface area contributed by atoms with E-state index in [1.54, 1.807) is 6.08 Å². The second kappa shape index (κ2) is 4.47. The standard InChI is InChI=1S/C6H13N5O3S/c7-6-4-5(9-11(8)10-6)2-1-3-15(12,13)14/h4,9H,1-3,8H2,(H2,7,10)(H,12,13,14). The van der Waals surface area contributed by atoms with E-state index in [4.69, 9.17) is 16.1 Å². The fourth-order valence-electron chi connectivity index (χ4n) is 1.11. The maximum atomic E-state index is 10.4. The zero-order chi connectivity index (χ0) is 11.5. The van der Waals surface area contributed by atoms with Crippen LogP contribution in [0.3, 0.4) is 0 Å². The van der Waals surface area contributed by atoms with Crippen molar-refractivity contribution in [3.8, 4) is 0 Å². The van der Waals surface area contributed by atoms with E-state index in [-0.39, 0.29) is 18.0 Å². The van der Waals surface area contributed by atoms with Crippen molar-refractivity contribution < 1.29 is 13.0 Å². The summed E-state index contributed by atoms with van der Waals surface area (Å²) < 4.78 is 29.4. The highest BCUT2D eigenvalue weighted by atomic mass is 32.2. The fraction of sp³-hybridized carbons (Fsp3) is 0.500. The summed E-state index contributed by atoms with van der Waals surface area (Å²) in [5, 5.41) is 4.58. The third kappa shape index (κ3) is 4.63. The topological polar surface area (TPSA) is 134 Å². The van der Waals surface area contributed by atoms with Gasteiger partial charge in [0.2, 0.25) is 0 Å². The maximum Gasteiger partial charge on any atom is 0.264 e. The van der Waals surface area contributed by atoms with Crippen LogP contribution >= 0.6 is 0 Å². The molecule has 0 bridgehead atoms. The quantitative estimate of drug-likeness (QED) is 0.344. The van der Waals surface area contributed by atoms with Crippen LogP contribution in [0.2, 0.25) is 0 Å². The molecule has 0 spiro atoms. The molecule has 0 unspecified atom stereocenters. The Kier molecular flexibility index (Phi) is 3.50. The van der Waals surface area contributed by atoms with E-state index in [1.807, 2.05) is 0 Å². The van der Waals surface area contributed by atoms with Gasteiger partial charge in [-0.05, 0) is 12.8 Å². The van der Waals surface area contributed by atoms with Gasteiger partial charge >= 0.3 is 0 Å². The Morgan fingerprint density at radius 1 is 1.60 bits per heavy atom. The molecule has 0 amide bonds. The molecule has 8 nitrogen and oxygen atoms in total. The average Bonchev–Trinajstić information content (AvgIpc) is 1.99. The molecule has 0 aromatic heterocycles. The van der Waals surface area contributed by atoms with Gasteiger partial charge in [0.1, 0.15) is 5.84 Å². The Hall–Kier alpha value is -1.32. The third-order valence-electron chi connectivity index (χ3n) is 1.65. The minimum Gasteiger partial charge on any atom is -0.382 e. The number of nitrogens with one attached hydrogen (secondary N) is 1. The van der Waals surface area contributed by atoms with Crippen molar-refractivity contribution in [1.29, 1.82) is 0 Å². The van der Waals surface area contributed by atoms with E-state index in [9.17, 15) is 8.42 Å². The van der Waals surface area contributed by atoms with E-state index in [2.05, 4.69) is 10.5 Å². The third-order valence-corrected chi connectivity index (χ3v) is 2.46. The predicted octanol–water partition coefficient (Wildman–Crippen LogP) is -1.50. The van der Waals surface area contributed by atoms with Gasteiger partial charge in [-0.2, -0.15) is 8.42 Å². The zero-order valence-electron chi connectivity index (χ0n) is 7.92. The monoisotopic (exact) mass is 235 g/mol. The molecule has 1 aliphatic rings. The summed E-state index contributed by atoms with van der Waals surface area (Å²) in [5.74, 6) is 5.26. The van der Waals surface area contributed by atoms with E-state index in [0.717, 1.165) is 5.23 Å². The second-order valence-electron chi connectivity index (χ2n) is 3.04. The van der Waals surface area contributed by atoms with Gasteiger partial charge in [-0.3, -0.25) is 9.98 Å². The number of nitrogens with zero attached hydrogens (tertiary/aromatic N) is 2. The minimum absolute atomic E-state index is 0.234. The molecule has 1 aliphatic heterocycles. The second-order valence-corrected chi connectivity index (χ2v) is 4.61. The first kappa shape index (κ1) is 11.8. The first-order valence-corrected chi connectivity index (χ1v) is 5.79. The largest absolute Gasteiger partial charge is 0.382 e. The fourth-order valence-corrected chi connectivity index (χ4v) is 1.62. The number of rotatable bonds is 4. The van der Waals surface area contributed by atoms with Crippen LogP contribution in [0, 0.1) is 0 Å². The van der Waals surface area contributed by atoms with Crippen molar-refractivity contribution in [2.75, 3.05) is 5.75 Å². The van der Waals surface area contributed by atoms with Crippen molar-refractivity contribution in [1.82, 2.24) is 10.7 Å². The van der Waals surface area contributed by atoms with Crippen molar-refractivity contribution in [2.45, 2.75) is 12.8 Å². The molecule has 0 fully saturated rings. The molecular weight excluding hydrogens is 222 g/mol. The number of nitrogens with two attached hydrogens (primary N) is 2. The summed E-state index contributed by atoms with van der Waals surface area (Å²) in [6, 6.07) is 0. The molecule has 86 valence electrons. The van der Waals surface area contributed by atoms with E-state index < -0.39 is 10.1 Å². The van der Waals surface area contributed by atoms with Crippen LogP contribution in [0.25, 0.3) is 0 Å². The van der Waals surface area contributed by atoms with Gasteiger partial charge in [0.25, 0.3) is 10.1 Å². The Morgan fingerprint density at radius 3 is 2.80 bits per heavy atom. The lowest BCUT2D eigenvalue weighted by Gasteiger charge is -2.21. The summed E-state index contributed by atoms with van der Waals surface area (Å²) in [6.07, 6.45) is 2.23. The number of hydrazone groups is 1. The molecule has 6 N–H and O–H groups in total. The normalized spacial score (nSPS) is 16.8. The number of amidine groups is 1. The van der Waals surface area contributed by atoms with Crippen molar-refractivity contribution >= 4 is 16.0 Å². The number of allylic oxidation sites excluding steroid dienone is 1. The van der Waals surface area contributed by atoms with Gasteiger partial charge in [-0.15, -0.1) is 10.3 Å². The van der Waals surface area contributed by atoms with Crippen molar-refractivity contribution in [3.05, 3.63) is 11.8 Å². The predicted molar refractivity (Wildman–Crippen MR) is 54.5 cm³/mol. The van der Waals surface area contributed by atoms with Crippen molar-refractivity contribution in [2.24, 2.45) is 16.7 Å². The highest BCUT2D eigenvalue weighted by Gasteiger charge is 2.10. The van der Waals surface area contributed by atoms with Crippen LogP contribution in [-0.4, -0.2) is 29.8 Å². The Morgan fingerprint density at radius 2 is 2.27 bits per heavy atom. The summed E-state index contributed by atoms with van der Waals surface area (Å²) in [6.45, 7) is 0. The van der Waals surface area contributed by atoms with Gasteiger partial charge in [-0.1, -0.05) is 0 Å². The Balaban J connectivity index is 2.43. The summed E-state index contributed by atoms with van der Waals surface area (Å²) >= 11 is 0. The summed E-state index contributed by atoms with van der Waals surface area (Å²) in [5.41, 5.74) is 8.73. The van der Waals surface area contributed by atoms with Gasteiger partial charge in [0.15, 0.2) is 0 Å². The Bertz CT molecular complexity index is 388. The van der Waals surface area contributed by atoms with Crippen LogP contribution < -0.4 is 17.0 Å². The molecule has 0 aromatic carbocycles. The van der Waals surface area contributed by atoms with Crippen molar-refractivity contribution in [3.63, 3.8) is 0 Å². The highest BCUT2D eigenvalue weighted by Crippen LogP contribution is 2.06. The molecule has 0 saturated heterocycles. The first-order valence-electron chi connectivity index (χ1n) is 4.18. The van der Waals surface area contributed by atoms with Crippen LogP contribution in [0.4, 0.5) is 0 Å². The lowest BCUT2D eigenvalue weighted by molar-refractivity contribution is 0.221. The molecule has 1 heterocycles. The number of hydrogen-bond acceptors (Lipinski definition) is 7. The molecule has 15 heavy (non-hydrogen) atoms. The molecule has 9 heteroatoms. The van der Waals surface area contributed by atoms with Gasteiger partial charge < -0.3 is 5.73 Å². The van der Waals surface area contributed by atoms with Gasteiger partial charge in [0, 0.05) is 11.8 Å².